The Balaban J connectivity index is 0.000000492. The number of phenols is 1. The quantitative estimate of drug-likeness (QED) is 0.843. The van der Waals surface area contributed by atoms with Crippen molar-refractivity contribution >= 4 is 0 Å². The second-order valence-electron chi connectivity index (χ2n) is 3.92. The Labute approximate surface area is 109 Å². The van der Waals surface area contributed by atoms with Crippen molar-refractivity contribution in [3.63, 3.8) is 0 Å². The predicted octanol–water partition coefficient (Wildman–Crippen LogP) is 4.48. The molecular weight excluding hydrogens is 224 g/mol. The molecule has 0 amide bonds. The van der Waals surface area contributed by atoms with Gasteiger partial charge in [-0.15, -0.1) is 0 Å². The van der Waals surface area contributed by atoms with Crippen molar-refractivity contribution in [3.05, 3.63) is 48.5 Å². The molecular formula is C16H20O2. The van der Waals surface area contributed by atoms with Crippen molar-refractivity contribution in [2.75, 3.05) is 7.11 Å². The standard InChI is InChI=1S/C13H12O2.C3H8/c1-15-13-9-5-3-7-11(13)10-6-2-4-8-12(10)14;1-3-2/h2-9,14H,1H3;3H2,1-2H3. The van der Waals surface area contributed by atoms with Crippen molar-refractivity contribution in [1.29, 1.82) is 0 Å². The summed E-state index contributed by atoms with van der Waals surface area (Å²) >= 11 is 0. The number of para-hydroxylation sites is 2. The average Bonchev–Trinajstić information content (AvgIpc) is 2.40. The first-order chi connectivity index (χ1) is 8.74. The monoisotopic (exact) mass is 244 g/mol. The smallest absolute Gasteiger partial charge is 0.126 e. The molecule has 18 heavy (non-hydrogen) atoms. The summed E-state index contributed by atoms with van der Waals surface area (Å²) in [7, 11) is 1.62. The summed E-state index contributed by atoms with van der Waals surface area (Å²) in [5.74, 6) is 1.03. The van der Waals surface area contributed by atoms with Crippen LogP contribution in [0, 0.1) is 0 Å². The van der Waals surface area contributed by atoms with Crippen molar-refractivity contribution in [3.8, 4) is 22.6 Å². The molecule has 0 spiro atoms. The van der Waals surface area contributed by atoms with Crippen molar-refractivity contribution in [2.24, 2.45) is 0 Å². The van der Waals surface area contributed by atoms with Gasteiger partial charge in [0.15, 0.2) is 0 Å². The molecule has 0 fully saturated rings. The Hall–Kier alpha value is -1.96. The van der Waals surface area contributed by atoms with Crippen LogP contribution in [0.25, 0.3) is 11.1 Å². The van der Waals surface area contributed by atoms with E-state index >= 15 is 0 Å². The van der Waals surface area contributed by atoms with Crippen molar-refractivity contribution < 1.29 is 9.84 Å². The minimum atomic E-state index is 0.266. The van der Waals surface area contributed by atoms with Gasteiger partial charge in [0, 0.05) is 11.1 Å². The molecule has 1 N–H and O–H groups in total. The first kappa shape index (κ1) is 14.1. The molecule has 0 aliphatic carbocycles. The minimum absolute atomic E-state index is 0.266. The summed E-state index contributed by atoms with van der Waals surface area (Å²) < 4.78 is 5.24. The van der Waals surface area contributed by atoms with Gasteiger partial charge in [0.2, 0.25) is 0 Å². The molecule has 0 aromatic heterocycles. The van der Waals surface area contributed by atoms with Crippen LogP contribution < -0.4 is 4.74 Å². The van der Waals surface area contributed by atoms with Crippen LogP contribution in [0.3, 0.4) is 0 Å². The van der Waals surface area contributed by atoms with Gasteiger partial charge in [-0.2, -0.15) is 0 Å². The number of ether oxygens (including phenoxy) is 1. The van der Waals surface area contributed by atoms with E-state index in [0.29, 0.717) is 0 Å². The maximum absolute atomic E-state index is 9.73. The summed E-state index contributed by atoms with van der Waals surface area (Å²) in [6.07, 6.45) is 1.25. The van der Waals surface area contributed by atoms with Gasteiger partial charge in [0.1, 0.15) is 11.5 Å². The molecule has 0 heterocycles. The molecule has 0 saturated carbocycles. The van der Waals surface area contributed by atoms with Gasteiger partial charge in [-0.25, -0.2) is 0 Å². The second kappa shape index (κ2) is 7.38. The highest BCUT2D eigenvalue weighted by atomic mass is 16.5. The lowest BCUT2D eigenvalue weighted by molar-refractivity contribution is 0.415. The first-order valence-corrected chi connectivity index (χ1v) is 6.15. The van der Waals surface area contributed by atoms with Gasteiger partial charge >= 0.3 is 0 Å². The molecule has 96 valence electrons. The highest BCUT2D eigenvalue weighted by Crippen LogP contribution is 2.34. The van der Waals surface area contributed by atoms with E-state index < -0.39 is 0 Å². The maximum Gasteiger partial charge on any atom is 0.126 e. The number of hydrogen-bond donors (Lipinski definition) is 1. The SMILES string of the molecule is CCC.COc1ccccc1-c1ccccc1O. The third kappa shape index (κ3) is 3.52. The van der Waals surface area contributed by atoms with Crippen LogP contribution in [-0.2, 0) is 0 Å². The second-order valence-corrected chi connectivity index (χ2v) is 3.92. The number of methoxy groups -OCH3 is 1. The normalized spacial score (nSPS) is 9.28. The predicted molar refractivity (Wildman–Crippen MR) is 76.1 cm³/mol. The van der Waals surface area contributed by atoms with Crippen molar-refractivity contribution in [2.45, 2.75) is 20.3 Å². The van der Waals surface area contributed by atoms with Crippen LogP contribution >= 0.6 is 0 Å². The lowest BCUT2D eigenvalue weighted by Crippen LogP contribution is -1.87. The summed E-state index contributed by atoms with van der Waals surface area (Å²) in [5.41, 5.74) is 1.69. The molecule has 2 heteroatoms. The number of benzene rings is 2. The molecule has 0 aliphatic rings. The van der Waals surface area contributed by atoms with Crippen LogP contribution in [0.2, 0.25) is 0 Å². The van der Waals surface area contributed by atoms with Gasteiger partial charge in [-0.05, 0) is 12.1 Å². The molecule has 2 rings (SSSR count). The van der Waals surface area contributed by atoms with E-state index in [4.69, 9.17) is 4.74 Å². The summed E-state index contributed by atoms with van der Waals surface area (Å²) in [6, 6.07) is 14.9. The van der Waals surface area contributed by atoms with Crippen LogP contribution in [-0.4, -0.2) is 12.2 Å². The Kier molecular flexibility index (Phi) is 5.78. The molecule has 0 bridgehead atoms. The molecule has 0 radical (unpaired) electrons. The van der Waals surface area contributed by atoms with Gasteiger partial charge < -0.3 is 9.84 Å². The van der Waals surface area contributed by atoms with Crippen LogP contribution in [0.5, 0.6) is 11.5 Å². The third-order valence-electron chi connectivity index (χ3n) is 2.30. The summed E-state index contributed by atoms with van der Waals surface area (Å²) in [5, 5.41) is 9.73. The fourth-order valence-electron chi connectivity index (χ4n) is 1.57. The zero-order chi connectivity index (χ0) is 13.4. The zero-order valence-corrected chi connectivity index (χ0v) is 11.2. The molecule has 2 nitrogen and oxygen atoms in total. The molecule has 0 saturated heterocycles. The van der Waals surface area contributed by atoms with E-state index in [9.17, 15) is 5.11 Å². The Morgan fingerprint density at radius 2 is 1.39 bits per heavy atom. The van der Waals surface area contributed by atoms with Gasteiger partial charge in [-0.1, -0.05) is 56.7 Å². The van der Waals surface area contributed by atoms with Crippen LogP contribution in [0.15, 0.2) is 48.5 Å². The summed E-state index contributed by atoms with van der Waals surface area (Å²) in [4.78, 5) is 0. The maximum atomic E-state index is 9.73. The Morgan fingerprint density at radius 3 is 1.94 bits per heavy atom. The number of hydrogen-bond acceptors (Lipinski definition) is 2. The zero-order valence-electron chi connectivity index (χ0n) is 11.2. The van der Waals surface area contributed by atoms with Crippen LogP contribution in [0.1, 0.15) is 20.3 Å². The largest absolute Gasteiger partial charge is 0.507 e. The Bertz CT molecular complexity index is 478. The average molecular weight is 244 g/mol. The van der Waals surface area contributed by atoms with Crippen LogP contribution in [0.4, 0.5) is 0 Å². The fourth-order valence-corrected chi connectivity index (χ4v) is 1.57. The highest BCUT2D eigenvalue weighted by molar-refractivity contribution is 5.75. The van der Waals surface area contributed by atoms with E-state index in [0.717, 1.165) is 16.9 Å². The molecule has 2 aromatic rings. The molecule has 0 unspecified atom stereocenters. The third-order valence-corrected chi connectivity index (χ3v) is 2.30. The molecule has 2 aromatic carbocycles. The topological polar surface area (TPSA) is 29.5 Å². The number of phenolic OH excluding ortho intramolecular Hbond substituents is 1. The number of aromatic hydroxyl groups is 1. The van der Waals surface area contributed by atoms with Gasteiger partial charge in [0.25, 0.3) is 0 Å². The fraction of sp³-hybridized carbons (Fsp3) is 0.250. The number of rotatable bonds is 2. The highest BCUT2D eigenvalue weighted by Gasteiger charge is 2.07. The Morgan fingerprint density at radius 1 is 0.889 bits per heavy atom. The lowest BCUT2D eigenvalue weighted by Gasteiger charge is -2.09. The first-order valence-electron chi connectivity index (χ1n) is 6.15. The van der Waals surface area contributed by atoms with Gasteiger partial charge in [-0.3, -0.25) is 0 Å². The van der Waals surface area contributed by atoms with E-state index in [2.05, 4.69) is 13.8 Å². The van der Waals surface area contributed by atoms with Gasteiger partial charge in [0.05, 0.1) is 7.11 Å². The molecule has 0 aliphatic heterocycles. The molecule has 0 atom stereocenters. The lowest BCUT2D eigenvalue weighted by atomic mass is 10.0. The van der Waals surface area contributed by atoms with Crippen molar-refractivity contribution in [1.82, 2.24) is 0 Å². The van der Waals surface area contributed by atoms with E-state index in [1.807, 2.05) is 36.4 Å². The van der Waals surface area contributed by atoms with E-state index in [1.54, 1.807) is 19.2 Å². The van der Waals surface area contributed by atoms with E-state index in [1.165, 1.54) is 6.42 Å². The van der Waals surface area contributed by atoms with E-state index in [-0.39, 0.29) is 5.75 Å². The minimum Gasteiger partial charge on any atom is -0.507 e. The summed E-state index contributed by atoms with van der Waals surface area (Å²) in [6.45, 7) is 4.25.